The number of sulfonamides is 1. The van der Waals surface area contributed by atoms with Gasteiger partial charge < -0.3 is 4.74 Å². The molecule has 5 nitrogen and oxygen atoms in total. The molecule has 0 bridgehead atoms. The van der Waals surface area contributed by atoms with Crippen LogP contribution < -0.4 is 4.72 Å². The lowest BCUT2D eigenvalue weighted by molar-refractivity contribution is 0.0976. The van der Waals surface area contributed by atoms with Gasteiger partial charge in [-0.3, -0.25) is 4.79 Å². The van der Waals surface area contributed by atoms with E-state index in [1.165, 1.54) is 13.2 Å². The van der Waals surface area contributed by atoms with Crippen molar-refractivity contribution in [2.24, 2.45) is 0 Å². The summed E-state index contributed by atoms with van der Waals surface area (Å²) in [6.45, 7) is 0.239. The monoisotopic (exact) mass is 311 g/mol. The molecular weight excluding hydrogens is 298 g/mol. The molecule has 20 heavy (non-hydrogen) atoms. The number of ether oxygens (including phenoxy) is 1. The third kappa shape index (κ3) is 3.24. The minimum Gasteiger partial charge on any atom is -0.380 e. The Labute approximate surface area is 121 Å². The standard InChI is InChI=1S/C13H13NO4S2/c1-18-9-10-5-2-3-6-11(10)13(15)14-20(16,17)12-7-4-8-19-12/h2-8H,9H2,1H3,(H,14,15). The van der Waals surface area contributed by atoms with E-state index in [4.69, 9.17) is 4.74 Å². The summed E-state index contributed by atoms with van der Waals surface area (Å²) in [6.07, 6.45) is 0. The molecule has 0 aliphatic carbocycles. The molecule has 2 rings (SSSR count). The lowest BCUT2D eigenvalue weighted by atomic mass is 10.1. The molecule has 0 aliphatic heterocycles. The zero-order valence-electron chi connectivity index (χ0n) is 10.7. The number of thiophene rings is 1. The molecule has 0 unspecified atom stereocenters. The highest BCUT2D eigenvalue weighted by molar-refractivity contribution is 7.92. The predicted octanol–water partition coefficient (Wildman–Crippen LogP) is 2.01. The second-order valence-corrected chi connectivity index (χ2v) is 6.81. The van der Waals surface area contributed by atoms with Crippen molar-refractivity contribution in [2.75, 3.05) is 7.11 Å². The summed E-state index contributed by atoms with van der Waals surface area (Å²) in [6, 6.07) is 9.78. The molecule has 2 aromatic rings. The SMILES string of the molecule is COCc1ccccc1C(=O)NS(=O)(=O)c1cccs1. The zero-order valence-corrected chi connectivity index (χ0v) is 12.3. The Morgan fingerprint density at radius 1 is 1.25 bits per heavy atom. The van der Waals surface area contributed by atoms with Gasteiger partial charge in [-0.15, -0.1) is 11.3 Å². The number of hydrogen-bond donors (Lipinski definition) is 1. The highest BCUT2D eigenvalue weighted by Crippen LogP contribution is 2.17. The molecule has 0 radical (unpaired) electrons. The molecular formula is C13H13NO4S2. The molecule has 0 atom stereocenters. The first-order valence-corrected chi connectivity index (χ1v) is 8.08. The van der Waals surface area contributed by atoms with Crippen LogP contribution in [0, 0.1) is 0 Å². The van der Waals surface area contributed by atoms with Gasteiger partial charge in [0.2, 0.25) is 0 Å². The van der Waals surface area contributed by atoms with Crippen LogP contribution in [0.25, 0.3) is 0 Å². The maximum atomic E-state index is 12.1. The first kappa shape index (κ1) is 14.7. The summed E-state index contributed by atoms with van der Waals surface area (Å²) in [5, 5.41) is 1.64. The molecule has 0 aliphatic rings. The van der Waals surface area contributed by atoms with E-state index in [1.54, 1.807) is 35.7 Å². The van der Waals surface area contributed by atoms with Crippen LogP contribution in [0.2, 0.25) is 0 Å². The summed E-state index contributed by atoms with van der Waals surface area (Å²) in [5.41, 5.74) is 0.920. The Balaban J connectivity index is 2.25. The molecule has 0 saturated carbocycles. The first-order valence-electron chi connectivity index (χ1n) is 5.72. The predicted molar refractivity (Wildman–Crippen MR) is 76.1 cm³/mol. The van der Waals surface area contributed by atoms with Gasteiger partial charge in [0.25, 0.3) is 15.9 Å². The van der Waals surface area contributed by atoms with Crippen molar-refractivity contribution < 1.29 is 17.9 Å². The fourth-order valence-electron chi connectivity index (χ4n) is 1.67. The summed E-state index contributed by atoms with van der Waals surface area (Å²) in [5.74, 6) is -0.661. The maximum absolute atomic E-state index is 12.1. The van der Waals surface area contributed by atoms with Crippen LogP contribution in [0.4, 0.5) is 0 Å². The van der Waals surface area contributed by atoms with Gasteiger partial charge in [0.15, 0.2) is 0 Å². The smallest absolute Gasteiger partial charge is 0.273 e. The number of methoxy groups -OCH3 is 1. The van der Waals surface area contributed by atoms with E-state index in [1.807, 2.05) is 0 Å². The van der Waals surface area contributed by atoms with E-state index in [2.05, 4.69) is 4.72 Å². The second kappa shape index (κ2) is 6.17. The quantitative estimate of drug-likeness (QED) is 0.917. The van der Waals surface area contributed by atoms with Gasteiger partial charge in [-0.05, 0) is 23.1 Å². The number of rotatable bonds is 5. The van der Waals surface area contributed by atoms with Crippen LogP contribution in [0.1, 0.15) is 15.9 Å². The molecule has 1 N–H and O–H groups in total. The van der Waals surface area contributed by atoms with E-state index in [0.717, 1.165) is 11.3 Å². The molecule has 1 amide bonds. The third-order valence-electron chi connectivity index (χ3n) is 2.55. The minimum atomic E-state index is -3.82. The van der Waals surface area contributed by atoms with Gasteiger partial charge in [-0.2, -0.15) is 0 Å². The number of nitrogens with one attached hydrogen (secondary N) is 1. The molecule has 0 saturated heterocycles. The van der Waals surface area contributed by atoms with Crippen LogP contribution in [0.15, 0.2) is 46.0 Å². The van der Waals surface area contributed by atoms with E-state index in [0.29, 0.717) is 5.56 Å². The van der Waals surface area contributed by atoms with Crippen molar-refractivity contribution in [2.45, 2.75) is 10.8 Å². The Hall–Kier alpha value is -1.70. The van der Waals surface area contributed by atoms with Crippen LogP contribution >= 0.6 is 11.3 Å². The van der Waals surface area contributed by atoms with Crippen molar-refractivity contribution in [1.29, 1.82) is 0 Å². The van der Waals surface area contributed by atoms with Gasteiger partial charge in [-0.25, -0.2) is 13.1 Å². The average Bonchev–Trinajstić information content (AvgIpc) is 2.94. The van der Waals surface area contributed by atoms with Crippen LogP contribution in [-0.2, 0) is 21.4 Å². The summed E-state index contributed by atoms with van der Waals surface area (Å²) in [4.78, 5) is 12.1. The van der Waals surface area contributed by atoms with Gasteiger partial charge in [0.05, 0.1) is 6.61 Å². The second-order valence-electron chi connectivity index (χ2n) is 3.96. The Morgan fingerprint density at radius 3 is 2.65 bits per heavy atom. The van der Waals surface area contributed by atoms with E-state index >= 15 is 0 Å². The van der Waals surface area contributed by atoms with Crippen molar-refractivity contribution in [3.63, 3.8) is 0 Å². The highest BCUT2D eigenvalue weighted by atomic mass is 32.2. The lowest BCUT2D eigenvalue weighted by Gasteiger charge is -2.09. The molecule has 1 aromatic carbocycles. The van der Waals surface area contributed by atoms with Crippen molar-refractivity contribution in [3.05, 3.63) is 52.9 Å². The summed E-state index contributed by atoms with van der Waals surface area (Å²) >= 11 is 1.05. The Bertz CT molecular complexity index is 693. The molecule has 0 spiro atoms. The zero-order chi connectivity index (χ0) is 14.6. The van der Waals surface area contributed by atoms with Crippen LogP contribution in [-0.4, -0.2) is 21.4 Å². The van der Waals surface area contributed by atoms with Gasteiger partial charge in [-0.1, -0.05) is 24.3 Å². The minimum absolute atomic E-state index is 0.107. The molecule has 1 aromatic heterocycles. The van der Waals surface area contributed by atoms with Crippen LogP contribution in [0.5, 0.6) is 0 Å². The van der Waals surface area contributed by atoms with E-state index < -0.39 is 15.9 Å². The van der Waals surface area contributed by atoms with Gasteiger partial charge in [0.1, 0.15) is 4.21 Å². The highest BCUT2D eigenvalue weighted by Gasteiger charge is 2.20. The van der Waals surface area contributed by atoms with Gasteiger partial charge >= 0.3 is 0 Å². The average molecular weight is 311 g/mol. The fourth-order valence-corrected chi connectivity index (χ4v) is 3.63. The van der Waals surface area contributed by atoms with Crippen LogP contribution in [0.3, 0.4) is 0 Å². The molecule has 1 heterocycles. The lowest BCUT2D eigenvalue weighted by Crippen LogP contribution is -2.30. The molecule has 0 fully saturated rings. The number of carbonyl (C=O) groups excluding carboxylic acids is 1. The number of amides is 1. The Morgan fingerprint density at radius 2 is 2.00 bits per heavy atom. The molecule has 106 valence electrons. The van der Waals surface area contributed by atoms with Gasteiger partial charge in [0, 0.05) is 12.7 Å². The summed E-state index contributed by atoms with van der Waals surface area (Å²) in [7, 11) is -2.31. The first-order chi connectivity index (χ1) is 9.54. The Kier molecular flexibility index (Phi) is 4.53. The van der Waals surface area contributed by atoms with Crippen molar-refractivity contribution in [3.8, 4) is 0 Å². The fraction of sp³-hybridized carbons (Fsp3) is 0.154. The number of carbonyl (C=O) groups is 1. The van der Waals surface area contributed by atoms with Crippen molar-refractivity contribution >= 4 is 27.3 Å². The largest absolute Gasteiger partial charge is 0.380 e. The molecule has 7 heteroatoms. The number of hydrogen-bond acceptors (Lipinski definition) is 5. The normalized spacial score (nSPS) is 11.2. The topological polar surface area (TPSA) is 72.5 Å². The van der Waals surface area contributed by atoms with E-state index in [9.17, 15) is 13.2 Å². The third-order valence-corrected chi connectivity index (χ3v) is 5.28. The maximum Gasteiger partial charge on any atom is 0.273 e. The number of benzene rings is 1. The summed E-state index contributed by atoms with van der Waals surface area (Å²) < 4.78 is 31.1. The van der Waals surface area contributed by atoms with Crippen molar-refractivity contribution in [1.82, 2.24) is 4.72 Å². The van der Waals surface area contributed by atoms with E-state index in [-0.39, 0.29) is 16.4 Å².